The second kappa shape index (κ2) is 5.66. The standard InChI is InChI=1S/C16H15BrClN/c17-15-4-2-1-3-14(15)11-5-6-12(16(18)9-11)10-19-13-7-8-13/h1-6,9,13,19H,7-8,10H2. The van der Waals surface area contributed by atoms with Gasteiger partial charge in [-0.3, -0.25) is 0 Å². The zero-order valence-electron chi connectivity index (χ0n) is 10.5. The highest BCUT2D eigenvalue weighted by Gasteiger charge is 2.20. The van der Waals surface area contributed by atoms with Crippen LogP contribution in [0.15, 0.2) is 46.9 Å². The van der Waals surface area contributed by atoms with Crippen LogP contribution in [0, 0.1) is 0 Å². The number of rotatable bonds is 4. The molecule has 0 spiro atoms. The minimum atomic E-state index is 0.707. The molecule has 0 amide bonds. The summed E-state index contributed by atoms with van der Waals surface area (Å²) in [5.41, 5.74) is 3.49. The SMILES string of the molecule is Clc1cc(-c2ccccc2Br)ccc1CNC1CC1. The minimum absolute atomic E-state index is 0.707. The third kappa shape index (κ3) is 3.19. The van der Waals surface area contributed by atoms with Gasteiger partial charge in [-0.05, 0) is 41.7 Å². The first kappa shape index (κ1) is 13.2. The second-order valence-corrected chi connectivity index (χ2v) is 6.20. The summed E-state index contributed by atoms with van der Waals surface area (Å²) < 4.78 is 1.09. The van der Waals surface area contributed by atoms with Crippen molar-refractivity contribution in [1.29, 1.82) is 0 Å². The van der Waals surface area contributed by atoms with E-state index in [2.05, 4.69) is 39.4 Å². The average molecular weight is 337 g/mol. The molecule has 0 saturated heterocycles. The second-order valence-electron chi connectivity index (χ2n) is 4.94. The average Bonchev–Trinajstić information content (AvgIpc) is 3.22. The van der Waals surface area contributed by atoms with Crippen LogP contribution in [0.4, 0.5) is 0 Å². The van der Waals surface area contributed by atoms with Gasteiger partial charge in [0.25, 0.3) is 0 Å². The molecule has 2 aromatic rings. The van der Waals surface area contributed by atoms with Gasteiger partial charge in [0.2, 0.25) is 0 Å². The van der Waals surface area contributed by atoms with Crippen molar-refractivity contribution in [1.82, 2.24) is 5.32 Å². The summed E-state index contributed by atoms with van der Waals surface area (Å²) in [4.78, 5) is 0. The maximum absolute atomic E-state index is 6.38. The Morgan fingerprint density at radius 3 is 2.63 bits per heavy atom. The summed E-state index contributed by atoms with van der Waals surface area (Å²) in [5, 5.41) is 4.33. The first-order chi connectivity index (χ1) is 9.24. The molecule has 0 heterocycles. The summed E-state index contributed by atoms with van der Waals surface area (Å²) in [7, 11) is 0. The summed E-state index contributed by atoms with van der Waals surface area (Å²) in [5.74, 6) is 0. The highest BCUT2D eigenvalue weighted by atomic mass is 79.9. The van der Waals surface area contributed by atoms with Gasteiger partial charge in [-0.15, -0.1) is 0 Å². The molecule has 1 aliphatic rings. The van der Waals surface area contributed by atoms with Crippen LogP contribution >= 0.6 is 27.5 Å². The van der Waals surface area contributed by atoms with Crippen molar-refractivity contribution >= 4 is 27.5 Å². The predicted octanol–water partition coefficient (Wildman–Crippen LogP) is 5.02. The lowest BCUT2D eigenvalue weighted by molar-refractivity contribution is 0.688. The van der Waals surface area contributed by atoms with Gasteiger partial charge in [-0.2, -0.15) is 0 Å². The van der Waals surface area contributed by atoms with Crippen LogP contribution in [0.2, 0.25) is 5.02 Å². The van der Waals surface area contributed by atoms with Crippen LogP contribution in [0.5, 0.6) is 0 Å². The van der Waals surface area contributed by atoms with Gasteiger partial charge in [-0.1, -0.05) is 57.9 Å². The lowest BCUT2D eigenvalue weighted by Crippen LogP contribution is -2.15. The fraction of sp³-hybridized carbons (Fsp3) is 0.250. The Morgan fingerprint density at radius 2 is 1.95 bits per heavy atom. The topological polar surface area (TPSA) is 12.0 Å². The monoisotopic (exact) mass is 335 g/mol. The van der Waals surface area contributed by atoms with Crippen molar-refractivity contribution in [2.75, 3.05) is 0 Å². The van der Waals surface area contributed by atoms with Crippen molar-refractivity contribution < 1.29 is 0 Å². The van der Waals surface area contributed by atoms with Crippen molar-refractivity contribution in [2.45, 2.75) is 25.4 Å². The van der Waals surface area contributed by atoms with Crippen molar-refractivity contribution in [2.24, 2.45) is 0 Å². The van der Waals surface area contributed by atoms with Crippen molar-refractivity contribution in [3.63, 3.8) is 0 Å². The molecule has 1 N–H and O–H groups in total. The van der Waals surface area contributed by atoms with Crippen LogP contribution in [-0.4, -0.2) is 6.04 Å². The first-order valence-corrected chi connectivity index (χ1v) is 7.68. The quantitative estimate of drug-likeness (QED) is 0.826. The fourth-order valence-electron chi connectivity index (χ4n) is 2.10. The Kier molecular flexibility index (Phi) is 3.92. The van der Waals surface area contributed by atoms with Crippen molar-refractivity contribution in [3.8, 4) is 11.1 Å². The van der Waals surface area contributed by atoms with Crippen LogP contribution < -0.4 is 5.32 Å². The highest BCUT2D eigenvalue weighted by molar-refractivity contribution is 9.10. The molecule has 1 aliphatic carbocycles. The predicted molar refractivity (Wildman–Crippen MR) is 84.4 cm³/mol. The molecule has 0 atom stereocenters. The van der Waals surface area contributed by atoms with E-state index in [4.69, 9.17) is 11.6 Å². The summed E-state index contributed by atoms with van der Waals surface area (Å²) in [6.07, 6.45) is 2.60. The highest BCUT2D eigenvalue weighted by Crippen LogP contribution is 2.31. The summed E-state index contributed by atoms with van der Waals surface area (Å²) in [6.45, 7) is 0.861. The van der Waals surface area contributed by atoms with Gasteiger partial charge in [-0.25, -0.2) is 0 Å². The third-order valence-corrected chi connectivity index (χ3v) is 4.44. The molecule has 0 aliphatic heterocycles. The van der Waals surface area contributed by atoms with E-state index >= 15 is 0 Å². The number of hydrogen-bond acceptors (Lipinski definition) is 1. The molecule has 0 aromatic heterocycles. The van der Waals surface area contributed by atoms with Crippen LogP contribution in [0.1, 0.15) is 18.4 Å². The van der Waals surface area contributed by atoms with Gasteiger partial charge in [0.15, 0.2) is 0 Å². The van der Waals surface area contributed by atoms with E-state index in [1.54, 1.807) is 0 Å². The molecule has 1 saturated carbocycles. The molecule has 1 nitrogen and oxygen atoms in total. The first-order valence-electron chi connectivity index (χ1n) is 6.51. The molecular weight excluding hydrogens is 322 g/mol. The lowest BCUT2D eigenvalue weighted by Gasteiger charge is -2.09. The van der Waals surface area contributed by atoms with E-state index in [1.165, 1.54) is 24.0 Å². The smallest absolute Gasteiger partial charge is 0.0457 e. The van der Waals surface area contributed by atoms with E-state index in [-0.39, 0.29) is 0 Å². The maximum atomic E-state index is 6.38. The molecule has 19 heavy (non-hydrogen) atoms. The molecule has 1 fully saturated rings. The Balaban J connectivity index is 1.84. The Labute approximate surface area is 127 Å². The van der Waals surface area contributed by atoms with E-state index in [0.717, 1.165) is 21.6 Å². The molecular formula is C16H15BrClN. The van der Waals surface area contributed by atoms with Crippen LogP contribution in [0.3, 0.4) is 0 Å². The third-order valence-electron chi connectivity index (χ3n) is 3.40. The van der Waals surface area contributed by atoms with Gasteiger partial charge < -0.3 is 5.32 Å². The molecule has 0 radical (unpaired) electrons. The van der Waals surface area contributed by atoms with E-state index in [9.17, 15) is 0 Å². The summed E-state index contributed by atoms with van der Waals surface area (Å²) in [6, 6.07) is 15.2. The Bertz CT molecular complexity index is 593. The zero-order valence-corrected chi connectivity index (χ0v) is 12.8. The fourth-order valence-corrected chi connectivity index (χ4v) is 2.86. The molecule has 3 rings (SSSR count). The van der Waals surface area contributed by atoms with Crippen LogP contribution in [-0.2, 0) is 6.54 Å². The number of nitrogens with one attached hydrogen (secondary N) is 1. The van der Waals surface area contributed by atoms with Gasteiger partial charge in [0.05, 0.1) is 0 Å². The normalized spacial score (nSPS) is 14.6. The molecule has 0 bridgehead atoms. The lowest BCUT2D eigenvalue weighted by atomic mass is 10.0. The molecule has 3 heteroatoms. The van der Waals surface area contributed by atoms with E-state index in [1.807, 2.05) is 24.3 Å². The Morgan fingerprint density at radius 1 is 1.16 bits per heavy atom. The van der Waals surface area contributed by atoms with Gasteiger partial charge >= 0.3 is 0 Å². The van der Waals surface area contributed by atoms with Gasteiger partial charge in [0.1, 0.15) is 0 Å². The Hall–Kier alpha value is -0.830. The van der Waals surface area contributed by atoms with Crippen LogP contribution in [0.25, 0.3) is 11.1 Å². The van der Waals surface area contributed by atoms with E-state index < -0.39 is 0 Å². The zero-order chi connectivity index (χ0) is 13.2. The number of halogens is 2. The largest absolute Gasteiger partial charge is 0.310 e. The molecule has 2 aromatic carbocycles. The summed E-state index contributed by atoms with van der Waals surface area (Å²) >= 11 is 9.96. The van der Waals surface area contributed by atoms with Gasteiger partial charge in [0, 0.05) is 22.1 Å². The number of hydrogen-bond donors (Lipinski definition) is 1. The van der Waals surface area contributed by atoms with E-state index in [0.29, 0.717) is 6.04 Å². The molecule has 98 valence electrons. The maximum Gasteiger partial charge on any atom is 0.0457 e. The molecule has 0 unspecified atom stereocenters. The minimum Gasteiger partial charge on any atom is -0.310 e. The number of benzene rings is 2. The van der Waals surface area contributed by atoms with Crippen molar-refractivity contribution in [3.05, 3.63) is 57.5 Å².